The largest absolute Gasteiger partial charge is 0.396 e. The maximum absolute atomic E-state index is 11.9. The Hall–Kier alpha value is -1.46. The molecule has 1 heterocycles. The van der Waals surface area contributed by atoms with Crippen molar-refractivity contribution in [1.29, 1.82) is 0 Å². The van der Waals surface area contributed by atoms with Crippen molar-refractivity contribution in [3.8, 4) is 0 Å². The van der Waals surface area contributed by atoms with Crippen LogP contribution in [0.4, 0.5) is 10.5 Å². The molecule has 1 fully saturated rings. The fourth-order valence-electron chi connectivity index (χ4n) is 2.69. The van der Waals surface area contributed by atoms with E-state index in [0.717, 1.165) is 36.6 Å². The lowest BCUT2D eigenvalue weighted by Crippen LogP contribution is -2.46. The van der Waals surface area contributed by atoms with Gasteiger partial charge in [-0.15, -0.1) is 0 Å². The van der Waals surface area contributed by atoms with Crippen LogP contribution in [0.1, 0.15) is 26.2 Å². The van der Waals surface area contributed by atoms with Crippen LogP contribution in [0.25, 0.3) is 0 Å². The Bertz CT molecular complexity index is 481. The molecule has 2 amide bonds. The molecule has 0 saturated carbocycles. The zero-order chi connectivity index (χ0) is 15.9. The average molecular weight is 326 g/mol. The maximum Gasteiger partial charge on any atom is 0.315 e. The second-order valence-corrected chi connectivity index (χ2v) is 6.23. The predicted molar refractivity (Wildman–Crippen MR) is 89.5 cm³/mol. The van der Waals surface area contributed by atoms with Crippen LogP contribution in [0.15, 0.2) is 24.3 Å². The standard InChI is InChI=1S/C16H24ClN3O2/c1-12(3-2-10-21)18-16(22)19-14-8-9-20(11-14)15-6-4-13(17)5-7-15/h4-7,12,14,21H,2-3,8-11H2,1H3,(H2,18,19,22). The molecule has 1 aromatic rings. The van der Waals surface area contributed by atoms with Gasteiger partial charge in [-0.05, 0) is 50.5 Å². The van der Waals surface area contributed by atoms with Gasteiger partial charge in [-0.2, -0.15) is 0 Å². The van der Waals surface area contributed by atoms with Gasteiger partial charge in [0.1, 0.15) is 0 Å². The molecule has 1 aliphatic heterocycles. The summed E-state index contributed by atoms with van der Waals surface area (Å²) in [6.45, 7) is 3.84. The summed E-state index contributed by atoms with van der Waals surface area (Å²) in [7, 11) is 0. The van der Waals surface area contributed by atoms with E-state index in [2.05, 4.69) is 15.5 Å². The number of rotatable bonds is 6. The van der Waals surface area contributed by atoms with Crippen LogP contribution in [-0.2, 0) is 0 Å². The van der Waals surface area contributed by atoms with Crippen LogP contribution in [-0.4, -0.2) is 42.9 Å². The average Bonchev–Trinajstić information content (AvgIpc) is 2.94. The number of halogens is 1. The summed E-state index contributed by atoms with van der Waals surface area (Å²) < 4.78 is 0. The quantitative estimate of drug-likeness (QED) is 0.752. The van der Waals surface area contributed by atoms with Gasteiger partial charge in [0.05, 0.1) is 0 Å². The summed E-state index contributed by atoms with van der Waals surface area (Å²) in [6, 6.07) is 7.86. The Labute approximate surface area is 136 Å². The van der Waals surface area contributed by atoms with Gasteiger partial charge < -0.3 is 20.6 Å². The molecule has 2 atom stereocenters. The zero-order valence-electron chi connectivity index (χ0n) is 12.9. The minimum absolute atomic E-state index is 0.0703. The molecule has 3 N–H and O–H groups in total. The molecule has 2 rings (SSSR count). The van der Waals surface area contributed by atoms with Gasteiger partial charge in [0.15, 0.2) is 0 Å². The normalized spacial score (nSPS) is 19.0. The van der Waals surface area contributed by atoms with E-state index >= 15 is 0 Å². The second-order valence-electron chi connectivity index (χ2n) is 5.79. The molecule has 0 spiro atoms. The first-order valence-electron chi connectivity index (χ1n) is 7.77. The van der Waals surface area contributed by atoms with E-state index in [9.17, 15) is 4.79 Å². The third-order valence-corrected chi connectivity index (χ3v) is 4.14. The van der Waals surface area contributed by atoms with Crippen LogP contribution in [0.2, 0.25) is 5.02 Å². The highest BCUT2D eigenvalue weighted by atomic mass is 35.5. The molecule has 2 unspecified atom stereocenters. The van der Waals surface area contributed by atoms with Crippen LogP contribution in [0.3, 0.4) is 0 Å². The highest BCUT2D eigenvalue weighted by Crippen LogP contribution is 2.22. The number of nitrogens with one attached hydrogen (secondary N) is 2. The molecule has 1 aromatic carbocycles. The number of anilines is 1. The SMILES string of the molecule is CC(CCCO)NC(=O)NC1CCN(c2ccc(Cl)cc2)C1. The van der Waals surface area contributed by atoms with Crippen molar-refractivity contribution in [1.82, 2.24) is 10.6 Å². The highest BCUT2D eigenvalue weighted by Gasteiger charge is 2.24. The van der Waals surface area contributed by atoms with Crippen molar-refractivity contribution in [2.75, 3.05) is 24.6 Å². The summed E-state index contributed by atoms with van der Waals surface area (Å²) in [5.41, 5.74) is 1.13. The first-order chi connectivity index (χ1) is 10.6. The molecule has 1 aliphatic rings. The summed E-state index contributed by atoms with van der Waals surface area (Å²) in [4.78, 5) is 14.2. The number of amides is 2. The maximum atomic E-state index is 11.9. The minimum Gasteiger partial charge on any atom is -0.396 e. The lowest BCUT2D eigenvalue weighted by molar-refractivity contribution is 0.231. The van der Waals surface area contributed by atoms with E-state index < -0.39 is 0 Å². The number of hydrogen-bond acceptors (Lipinski definition) is 3. The molecule has 6 heteroatoms. The third kappa shape index (κ3) is 5.07. The van der Waals surface area contributed by atoms with Gasteiger partial charge in [-0.1, -0.05) is 11.6 Å². The Balaban J connectivity index is 1.76. The summed E-state index contributed by atoms with van der Waals surface area (Å²) >= 11 is 5.90. The molecule has 0 aliphatic carbocycles. The molecule has 0 radical (unpaired) electrons. The van der Waals surface area contributed by atoms with Crippen molar-refractivity contribution in [3.63, 3.8) is 0 Å². The van der Waals surface area contributed by atoms with Crippen molar-refractivity contribution < 1.29 is 9.90 Å². The van der Waals surface area contributed by atoms with E-state index in [4.69, 9.17) is 16.7 Å². The van der Waals surface area contributed by atoms with Gasteiger partial charge in [0.2, 0.25) is 0 Å². The van der Waals surface area contributed by atoms with Gasteiger partial charge >= 0.3 is 6.03 Å². The number of aliphatic hydroxyl groups excluding tert-OH is 1. The first-order valence-corrected chi connectivity index (χ1v) is 8.14. The number of benzene rings is 1. The Kier molecular flexibility index (Phi) is 6.34. The fraction of sp³-hybridized carbons (Fsp3) is 0.562. The van der Waals surface area contributed by atoms with Crippen LogP contribution in [0, 0.1) is 0 Å². The predicted octanol–water partition coefficient (Wildman–Crippen LogP) is 2.38. The van der Waals surface area contributed by atoms with E-state index in [1.165, 1.54) is 0 Å². The summed E-state index contributed by atoms with van der Waals surface area (Å²) in [5.74, 6) is 0. The molecule has 122 valence electrons. The first kappa shape index (κ1) is 16.9. The van der Waals surface area contributed by atoms with Gasteiger partial charge in [-0.3, -0.25) is 0 Å². The zero-order valence-corrected chi connectivity index (χ0v) is 13.6. The number of carbonyl (C=O) groups excluding carboxylic acids is 1. The Morgan fingerprint density at radius 1 is 1.45 bits per heavy atom. The van der Waals surface area contributed by atoms with E-state index in [0.29, 0.717) is 6.42 Å². The number of nitrogens with zero attached hydrogens (tertiary/aromatic N) is 1. The van der Waals surface area contributed by atoms with Crippen molar-refractivity contribution in [2.45, 2.75) is 38.3 Å². The number of hydrogen-bond donors (Lipinski definition) is 3. The topological polar surface area (TPSA) is 64.6 Å². The number of urea groups is 1. The molecular formula is C16H24ClN3O2. The minimum atomic E-state index is -0.131. The molecular weight excluding hydrogens is 302 g/mol. The van der Waals surface area contributed by atoms with E-state index in [-0.39, 0.29) is 24.7 Å². The Morgan fingerprint density at radius 2 is 2.18 bits per heavy atom. The van der Waals surface area contributed by atoms with Crippen LogP contribution in [0.5, 0.6) is 0 Å². The number of carbonyl (C=O) groups is 1. The van der Waals surface area contributed by atoms with Crippen LogP contribution < -0.4 is 15.5 Å². The second kappa shape index (κ2) is 8.25. The fourth-order valence-corrected chi connectivity index (χ4v) is 2.81. The van der Waals surface area contributed by atoms with Crippen molar-refractivity contribution in [2.24, 2.45) is 0 Å². The lowest BCUT2D eigenvalue weighted by atomic mass is 10.2. The molecule has 0 bridgehead atoms. The van der Waals surface area contributed by atoms with Gasteiger partial charge in [-0.25, -0.2) is 4.79 Å². The summed E-state index contributed by atoms with van der Waals surface area (Å²) in [5, 5.41) is 15.4. The highest BCUT2D eigenvalue weighted by molar-refractivity contribution is 6.30. The van der Waals surface area contributed by atoms with Crippen molar-refractivity contribution in [3.05, 3.63) is 29.3 Å². The van der Waals surface area contributed by atoms with Gasteiger partial charge in [0, 0.05) is 42.5 Å². The Morgan fingerprint density at radius 3 is 2.86 bits per heavy atom. The number of aliphatic hydroxyl groups is 1. The molecule has 1 saturated heterocycles. The smallest absolute Gasteiger partial charge is 0.315 e. The monoisotopic (exact) mass is 325 g/mol. The molecule has 22 heavy (non-hydrogen) atoms. The molecule has 5 nitrogen and oxygen atoms in total. The lowest BCUT2D eigenvalue weighted by Gasteiger charge is -2.20. The van der Waals surface area contributed by atoms with Crippen LogP contribution >= 0.6 is 11.6 Å². The van der Waals surface area contributed by atoms with Gasteiger partial charge in [0.25, 0.3) is 0 Å². The third-order valence-electron chi connectivity index (χ3n) is 3.89. The van der Waals surface area contributed by atoms with E-state index in [1.54, 1.807) is 0 Å². The van der Waals surface area contributed by atoms with Crippen molar-refractivity contribution >= 4 is 23.3 Å². The molecule has 0 aromatic heterocycles. The summed E-state index contributed by atoms with van der Waals surface area (Å²) in [6.07, 6.45) is 2.42. The van der Waals surface area contributed by atoms with E-state index in [1.807, 2.05) is 31.2 Å².